The smallest absolute Gasteiger partial charge is 0.161 e. The van der Waals surface area contributed by atoms with Crippen LogP contribution >= 0.6 is 0 Å². The Morgan fingerprint density at radius 2 is 1.73 bits per heavy atom. The number of aromatic nitrogens is 2. The lowest BCUT2D eigenvalue weighted by atomic mass is 9.98. The zero-order chi connectivity index (χ0) is 23.4. The number of hydrogen-bond acceptors (Lipinski definition) is 5. The van der Waals surface area contributed by atoms with Crippen molar-refractivity contribution in [2.24, 2.45) is 0 Å². The molecule has 0 saturated heterocycles. The minimum atomic E-state index is 0.0859. The van der Waals surface area contributed by atoms with Gasteiger partial charge in [-0.1, -0.05) is 43.0 Å². The van der Waals surface area contributed by atoms with Crippen LogP contribution in [0.1, 0.15) is 16.8 Å². The minimum Gasteiger partial charge on any atom is -0.507 e. The SMILES string of the molecule is C=Cc1ccc(COc2ccc(-c3n[nH]c(C)c3-c3ccc(OC)c(OC)c3)c(O)c2)cc1. The van der Waals surface area contributed by atoms with Crippen LogP contribution in [0.5, 0.6) is 23.0 Å². The molecule has 168 valence electrons. The molecule has 33 heavy (non-hydrogen) atoms. The lowest BCUT2D eigenvalue weighted by molar-refractivity contribution is 0.304. The first-order valence-electron chi connectivity index (χ1n) is 10.5. The number of ether oxygens (including phenoxy) is 3. The summed E-state index contributed by atoms with van der Waals surface area (Å²) in [4.78, 5) is 0. The van der Waals surface area contributed by atoms with Gasteiger partial charge in [-0.15, -0.1) is 0 Å². The predicted octanol–water partition coefficient (Wildman–Crippen LogP) is 6.00. The van der Waals surface area contributed by atoms with Gasteiger partial charge in [-0.2, -0.15) is 5.10 Å². The quantitative estimate of drug-likeness (QED) is 0.350. The summed E-state index contributed by atoms with van der Waals surface area (Å²) < 4.78 is 16.7. The van der Waals surface area contributed by atoms with E-state index in [9.17, 15) is 5.11 Å². The molecule has 1 heterocycles. The summed E-state index contributed by atoms with van der Waals surface area (Å²) in [5.41, 5.74) is 5.98. The highest BCUT2D eigenvalue weighted by atomic mass is 16.5. The van der Waals surface area contributed by atoms with E-state index in [2.05, 4.69) is 16.8 Å². The molecular formula is C27H26N2O4. The van der Waals surface area contributed by atoms with Crippen LogP contribution in [0.3, 0.4) is 0 Å². The number of nitrogens with one attached hydrogen (secondary N) is 1. The van der Waals surface area contributed by atoms with Gasteiger partial charge < -0.3 is 19.3 Å². The summed E-state index contributed by atoms with van der Waals surface area (Å²) in [5.74, 6) is 1.93. The average Bonchev–Trinajstić information content (AvgIpc) is 3.23. The molecule has 2 N–H and O–H groups in total. The molecule has 0 aliphatic carbocycles. The van der Waals surface area contributed by atoms with Gasteiger partial charge in [0, 0.05) is 22.9 Å². The Morgan fingerprint density at radius 3 is 2.39 bits per heavy atom. The number of aryl methyl sites for hydroxylation is 1. The number of hydrogen-bond donors (Lipinski definition) is 2. The van der Waals surface area contributed by atoms with Gasteiger partial charge in [-0.05, 0) is 47.9 Å². The zero-order valence-electron chi connectivity index (χ0n) is 18.9. The average molecular weight is 443 g/mol. The fraction of sp³-hybridized carbons (Fsp3) is 0.148. The molecule has 0 unspecified atom stereocenters. The van der Waals surface area contributed by atoms with E-state index in [0.29, 0.717) is 35.1 Å². The summed E-state index contributed by atoms with van der Waals surface area (Å²) in [6, 6.07) is 18.9. The topological polar surface area (TPSA) is 76.6 Å². The van der Waals surface area contributed by atoms with Gasteiger partial charge in [0.25, 0.3) is 0 Å². The normalized spacial score (nSPS) is 10.6. The first-order chi connectivity index (χ1) is 16.0. The third-order valence-corrected chi connectivity index (χ3v) is 5.46. The van der Waals surface area contributed by atoms with Gasteiger partial charge in [0.1, 0.15) is 23.8 Å². The van der Waals surface area contributed by atoms with Crippen LogP contribution in [0.15, 0.2) is 67.2 Å². The number of aromatic hydroxyl groups is 1. The Labute approximate surface area is 193 Å². The van der Waals surface area contributed by atoms with E-state index in [1.807, 2.05) is 61.5 Å². The minimum absolute atomic E-state index is 0.0859. The van der Waals surface area contributed by atoms with E-state index >= 15 is 0 Å². The van der Waals surface area contributed by atoms with Gasteiger partial charge in [0.2, 0.25) is 0 Å². The maximum atomic E-state index is 10.8. The first kappa shape index (κ1) is 22.0. The summed E-state index contributed by atoms with van der Waals surface area (Å²) in [6.45, 7) is 6.10. The van der Waals surface area contributed by atoms with Crippen molar-refractivity contribution in [1.82, 2.24) is 10.2 Å². The van der Waals surface area contributed by atoms with E-state index in [-0.39, 0.29) is 5.75 Å². The van der Waals surface area contributed by atoms with Gasteiger partial charge in [-0.25, -0.2) is 0 Å². The predicted molar refractivity (Wildman–Crippen MR) is 130 cm³/mol. The number of rotatable bonds is 8. The van der Waals surface area contributed by atoms with Gasteiger partial charge in [0.05, 0.1) is 14.2 Å². The summed E-state index contributed by atoms with van der Waals surface area (Å²) >= 11 is 0. The Balaban J connectivity index is 1.61. The van der Waals surface area contributed by atoms with Gasteiger partial charge in [-0.3, -0.25) is 5.10 Å². The number of benzene rings is 3. The monoisotopic (exact) mass is 442 g/mol. The van der Waals surface area contributed by atoms with Crippen molar-refractivity contribution in [1.29, 1.82) is 0 Å². The maximum Gasteiger partial charge on any atom is 0.161 e. The molecule has 6 heteroatoms. The molecular weight excluding hydrogens is 416 g/mol. The Hall–Kier alpha value is -4.19. The van der Waals surface area contributed by atoms with Crippen molar-refractivity contribution < 1.29 is 19.3 Å². The van der Waals surface area contributed by atoms with Crippen LogP contribution in [0.2, 0.25) is 0 Å². The molecule has 0 aliphatic heterocycles. The van der Waals surface area contributed by atoms with E-state index in [1.165, 1.54) is 0 Å². The molecule has 0 fully saturated rings. The molecule has 4 aromatic rings. The number of phenols is 1. The van der Waals surface area contributed by atoms with Crippen LogP contribution in [-0.4, -0.2) is 29.5 Å². The third kappa shape index (κ3) is 4.55. The molecule has 0 amide bonds. The number of nitrogens with zero attached hydrogens (tertiary/aromatic N) is 1. The summed E-state index contributed by atoms with van der Waals surface area (Å²) in [7, 11) is 3.20. The lowest BCUT2D eigenvalue weighted by Gasteiger charge is -2.12. The third-order valence-electron chi connectivity index (χ3n) is 5.46. The molecule has 0 atom stereocenters. The molecule has 0 radical (unpaired) electrons. The number of H-pyrrole nitrogens is 1. The molecule has 1 aromatic heterocycles. The molecule has 0 spiro atoms. The van der Waals surface area contributed by atoms with Crippen LogP contribution in [0.25, 0.3) is 28.5 Å². The summed E-state index contributed by atoms with van der Waals surface area (Å²) in [6.07, 6.45) is 1.80. The molecule has 0 aliphatic rings. The van der Waals surface area contributed by atoms with Crippen molar-refractivity contribution in [2.75, 3.05) is 14.2 Å². The molecule has 3 aromatic carbocycles. The van der Waals surface area contributed by atoms with Crippen molar-refractivity contribution >= 4 is 6.08 Å². The highest BCUT2D eigenvalue weighted by Crippen LogP contribution is 2.41. The van der Waals surface area contributed by atoms with Crippen molar-refractivity contribution in [2.45, 2.75) is 13.5 Å². The fourth-order valence-electron chi connectivity index (χ4n) is 3.69. The number of methoxy groups -OCH3 is 2. The standard InChI is InChI=1S/C27H26N2O4/c1-5-18-6-8-19(9-7-18)16-33-21-11-12-22(23(30)15-21)27-26(17(2)28-29-27)20-10-13-24(31-3)25(14-20)32-4/h5-15,30H,1,16H2,2-4H3,(H,28,29). The maximum absolute atomic E-state index is 10.8. The van der Waals surface area contributed by atoms with Crippen molar-refractivity contribution in [3.8, 4) is 45.4 Å². The summed E-state index contributed by atoms with van der Waals surface area (Å²) in [5, 5.41) is 18.3. The molecule has 0 bridgehead atoms. The molecule has 4 rings (SSSR count). The van der Waals surface area contributed by atoms with Gasteiger partial charge in [0.15, 0.2) is 11.5 Å². The van der Waals surface area contributed by atoms with E-state index in [0.717, 1.165) is 27.9 Å². The first-order valence-corrected chi connectivity index (χ1v) is 10.5. The van der Waals surface area contributed by atoms with E-state index < -0.39 is 0 Å². The van der Waals surface area contributed by atoms with E-state index in [1.54, 1.807) is 26.4 Å². The Kier molecular flexibility index (Phi) is 6.36. The second-order valence-electron chi connectivity index (χ2n) is 7.56. The second-order valence-corrected chi connectivity index (χ2v) is 7.56. The number of aromatic amines is 1. The number of phenolic OH excluding ortho intramolecular Hbond substituents is 1. The molecule has 6 nitrogen and oxygen atoms in total. The van der Waals surface area contributed by atoms with E-state index in [4.69, 9.17) is 14.2 Å². The van der Waals surface area contributed by atoms with Crippen LogP contribution in [0.4, 0.5) is 0 Å². The highest BCUT2D eigenvalue weighted by molar-refractivity contribution is 5.86. The Morgan fingerprint density at radius 1 is 0.970 bits per heavy atom. The Bertz CT molecular complexity index is 1280. The molecule has 0 saturated carbocycles. The van der Waals surface area contributed by atoms with Crippen molar-refractivity contribution in [3.63, 3.8) is 0 Å². The van der Waals surface area contributed by atoms with Gasteiger partial charge >= 0.3 is 0 Å². The van der Waals surface area contributed by atoms with Crippen molar-refractivity contribution in [3.05, 3.63) is 84.1 Å². The zero-order valence-corrected chi connectivity index (χ0v) is 18.9. The lowest BCUT2D eigenvalue weighted by Crippen LogP contribution is -1.95. The fourth-order valence-corrected chi connectivity index (χ4v) is 3.69. The van der Waals surface area contributed by atoms with Crippen LogP contribution < -0.4 is 14.2 Å². The second kappa shape index (κ2) is 9.53. The largest absolute Gasteiger partial charge is 0.507 e. The highest BCUT2D eigenvalue weighted by Gasteiger charge is 2.19. The van der Waals surface area contributed by atoms with Crippen LogP contribution in [0, 0.1) is 6.92 Å². The van der Waals surface area contributed by atoms with Crippen LogP contribution in [-0.2, 0) is 6.61 Å².